The van der Waals surface area contributed by atoms with E-state index in [0.29, 0.717) is 12.3 Å². The summed E-state index contributed by atoms with van der Waals surface area (Å²) in [7, 11) is 0. The van der Waals surface area contributed by atoms with E-state index >= 15 is 0 Å². The first kappa shape index (κ1) is 16.8. The first-order valence-corrected chi connectivity index (χ1v) is 9.73. The summed E-state index contributed by atoms with van der Waals surface area (Å²) in [6.45, 7) is 5.89. The molecule has 1 aliphatic heterocycles. The van der Waals surface area contributed by atoms with Crippen LogP contribution in [-0.4, -0.2) is 36.2 Å². The number of nitrogens with one attached hydrogen (secondary N) is 1. The van der Waals surface area contributed by atoms with Gasteiger partial charge in [-0.2, -0.15) is 0 Å². The quantitative estimate of drug-likeness (QED) is 0.910. The van der Waals surface area contributed by atoms with Crippen molar-refractivity contribution in [3.05, 3.63) is 18.3 Å². The molecule has 3 aliphatic rings. The van der Waals surface area contributed by atoms with Gasteiger partial charge in [0.1, 0.15) is 5.82 Å². The summed E-state index contributed by atoms with van der Waals surface area (Å²) in [6, 6.07) is 3.96. The second-order valence-corrected chi connectivity index (χ2v) is 8.25. The topological polar surface area (TPSA) is 54.5 Å². The molecule has 1 saturated heterocycles. The smallest absolute Gasteiger partial charge is 0.224 e. The maximum atomic E-state index is 12.4. The molecular weight excluding hydrogens is 314 g/mol. The van der Waals surface area contributed by atoms with Gasteiger partial charge in [-0.05, 0) is 63.0 Å². The van der Waals surface area contributed by atoms with Crippen molar-refractivity contribution in [3.8, 4) is 0 Å². The number of carbonyl (C=O) groups is 1. The fourth-order valence-electron chi connectivity index (χ4n) is 5.09. The molecule has 1 aromatic rings. The molecule has 5 nitrogen and oxygen atoms in total. The Morgan fingerprint density at radius 3 is 2.64 bits per heavy atom. The second-order valence-electron chi connectivity index (χ2n) is 8.25. The predicted molar refractivity (Wildman–Crippen MR) is 98.6 cm³/mol. The van der Waals surface area contributed by atoms with Gasteiger partial charge in [-0.25, -0.2) is 4.98 Å². The normalized spacial score (nSPS) is 34.3. The highest BCUT2D eigenvalue weighted by Gasteiger charge is 2.40. The van der Waals surface area contributed by atoms with Crippen LogP contribution < -0.4 is 10.2 Å². The minimum Gasteiger partial charge on any atom is -0.372 e. The van der Waals surface area contributed by atoms with Crippen molar-refractivity contribution in [2.45, 2.75) is 58.2 Å². The van der Waals surface area contributed by atoms with Crippen molar-refractivity contribution in [1.82, 2.24) is 4.98 Å². The zero-order valence-corrected chi connectivity index (χ0v) is 15.3. The summed E-state index contributed by atoms with van der Waals surface area (Å²) >= 11 is 0. The number of carbonyl (C=O) groups excluding carboxylic acids is 1. The lowest BCUT2D eigenvalue weighted by atomic mass is 9.86. The summed E-state index contributed by atoms with van der Waals surface area (Å²) in [5.74, 6) is 3.37. The Bertz CT molecular complexity index is 608. The number of anilines is 2. The van der Waals surface area contributed by atoms with Gasteiger partial charge in [0.25, 0.3) is 0 Å². The van der Waals surface area contributed by atoms with Crippen LogP contribution in [0, 0.1) is 17.8 Å². The molecule has 1 N–H and O–H groups in total. The summed E-state index contributed by atoms with van der Waals surface area (Å²) in [4.78, 5) is 19.2. The largest absolute Gasteiger partial charge is 0.372 e. The van der Waals surface area contributed by atoms with E-state index in [4.69, 9.17) is 4.74 Å². The van der Waals surface area contributed by atoms with Crippen LogP contribution in [0.15, 0.2) is 18.3 Å². The molecule has 0 spiro atoms. The third kappa shape index (κ3) is 3.81. The lowest BCUT2D eigenvalue weighted by Gasteiger charge is -2.36. The maximum absolute atomic E-state index is 12.4. The molecule has 2 heterocycles. The molecule has 1 aromatic heterocycles. The van der Waals surface area contributed by atoms with Crippen molar-refractivity contribution in [3.63, 3.8) is 0 Å². The Morgan fingerprint density at radius 2 is 2.04 bits per heavy atom. The Balaban J connectivity index is 1.32. The molecule has 25 heavy (non-hydrogen) atoms. The van der Waals surface area contributed by atoms with Crippen LogP contribution in [-0.2, 0) is 9.53 Å². The number of rotatable bonds is 4. The Hall–Kier alpha value is -1.62. The zero-order valence-electron chi connectivity index (χ0n) is 15.3. The molecule has 0 radical (unpaired) electrons. The van der Waals surface area contributed by atoms with Crippen LogP contribution in [0.4, 0.5) is 11.5 Å². The van der Waals surface area contributed by atoms with Crippen molar-refractivity contribution in [2.75, 3.05) is 23.3 Å². The van der Waals surface area contributed by atoms with Crippen molar-refractivity contribution in [1.29, 1.82) is 0 Å². The molecule has 0 unspecified atom stereocenters. The molecule has 1 amide bonds. The SMILES string of the molecule is C[C@@H]1CN(c2ccc(NC(=O)C[C@H]3C[C@H]4CC[C@H]3C4)cn2)C[C@@H](C)O1. The zero-order chi connectivity index (χ0) is 17.4. The van der Waals surface area contributed by atoms with Gasteiger partial charge in [0, 0.05) is 19.5 Å². The van der Waals surface area contributed by atoms with Gasteiger partial charge in [-0.15, -0.1) is 0 Å². The molecule has 4 rings (SSSR count). The van der Waals surface area contributed by atoms with Crippen LogP contribution in [0.5, 0.6) is 0 Å². The summed E-state index contributed by atoms with van der Waals surface area (Å²) in [5.41, 5.74) is 0.797. The number of fused-ring (bicyclic) bond motifs is 2. The lowest BCUT2D eigenvalue weighted by molar-refractivity contribution is -0.117. The third-order valence-electron chi connectivity index (χ3n) is 6.11. The van der Waals surface area contributed by atoms with Gasteiger partial charge in [-0.1, -0.05) is 6.42 Å². The first-order valence-electron chi connectivity index (χ1n) is 9.73. The number of morpholine rings is 1. The van der Waals surface area contributed by atoms with Crippen LogP contribution in [0.25, 0.3) is 0 Å². The first-order chi connectivity index (χ1) is 12.1. The highest BCUT2D eigenvalue weighted by Crippen LogP contribution is 2.49. The van der Waals surface area contributed by atoms with Gasteiger partial charge in [0.15, 0.2) is 0 Å². The van der Waals surface area contributed by atoms with Crippen molar-refractivity contribution >= 4 is 17.4 Å². The maximum Gasteiger partial charge on any atom is 0.224 e. The van der Waals surface area contributed by atoms with Crippen molar-refractivity contribution in [2.24, 2.45) is 17.8 Å². The number of hydrogen-bond donors (Lipinski definition) is 1. The highest BCUT2D eigenvalue weighted by molar-refractivity contribution is 5.90. The van der Waals surface area contributed by atoms with Crippen LogP contribution in [0.1, 0.15) is 46.0 Å². The molecule has 3 fully saturated rings. The van der Waals surface area contributed by atoms with E-state index in [1.165, 1.54) is 25.7 Å². The molecule has 2 bridgehead atoms. The fraction of sp³-hybridized carbons (Fsp3) is 0.700. The average molecular weight is 343 g/mol. The number of hydrogen-bond acceptors (Lipinski definition) is 4. The minimum atomic E-state index is 0.140. The monoisotopic (exact) mass is 343 g/mol. The van der Waals surface area contributed by atoms with Crippen molar-refractivity contribution < 1.29 is 9.53 Å². The fourth-order valence-corrected chi connectivity index (χ4v) is 5.09. The number of ether oxygens (including phenoxy) is 1. The molecule has 0 aromatic carbocycles. The molecule has 136 valence electrons. The summed E-state index contributed by atoms with van der Waals surface area (Å²) < 4.78 is 5.77. The van der Waals surface area contributed by atoms with Gasteiger partial charge >= 0.3 is 0 Å². The number of aromatic nitrogens is 1. The van der Waals surface area contributed by atoms with E-state index in [0.717, 1.165) is 36.4 Å². The van der Waals surface area contributed by atoms with Gasteiger partial charge < -0.3 is 15.0 Å². The third-order valence-corrected chi connectivity index (χ3v) is 6.11. The van der Waals surface area contributed by atoms with E-state index in [2.05, 4.69) is 29.0 Å². The van der Waals surface area contributed by atoms with Crippen LogP contribution in [0.2, 0.25) is 0 Å². The molecular formula is C20H29N3O2. The van der Waals surface area contributed by atoms with Gasteiger partial charge in [0.2, 0.25) is 5.91 Å². The molecule has 5 heteroatoms. The van der Waals surface area contributed by atoms with E-state index < -0.39 is 0 Å². The standard InChI is InChI=1S/C20H29N3O2/c1-13-11-23(12-14(2)25-13)19-6-5-18(10-21-19)22-20(24)9-17-8-15-3-4-16(17)7-15/h5-6,10,13-17H,3-4,7-9,11-12H2,1-2H3,(H,22,24)/t13-,14-,15+,16+,17-/m1/s1. The predicted octanol–water partition coefficient (Wildman–Crippen LogP) is 3.46. The number of nitrogens with zero attached hydrogens (tertiary/aromatic N) is 2. The average Bonchev–Trinajstić information content (AvgIpc) is 3.17. The van der Waals surface area contributed by atoms with Gasteiger partial charge in [0.05, 0.1) is 24.1 Å². The Kier molecular flexibility index (Phi) is 4.67. The van der Waals surface area contributed by atoms with E-state index in [1.54, 1.807) is 6.20 Å². The number of amides is 1. The van der Waals surface area contributed by atoms with Gasteiger partial charge in [-0.3, -0.25) is 4.79 Å². The summed E-state index contributed by atoms with van der Waals surface area (Å²) in [5, 5.41) is 3.03. The second kappa shape index (κ2) is 6.94. The minimum absolute atomic E-state index is 0.140. The molecule has 5 atom stereocenters. The highest BCUT2D eigenvalue weighted by atomic mass is 16.5. The van der Waals surface area contributed by atoms with E-state index in [-0.39, 0.29) is 18.1 Å². The van der Waals surface area contributed by atoms with E-state index in [1.807, 2.05) is 12.1 Å². The lowest BCUT2D eigenvalue weighted by Crippen LogP contribution is -2.45. The van der Waals surface area contributed by atoms with E-state index in [9.17, 15) is 4.79 Å². The Labute approximate surface area is 150 Å². The van der Waals surface area contributed by atoms with Crippen LogP contribution >= 0.6 is 0 Å². The van der Waals surface area contributed by atoms with Crippen LogP contribution in [0.3, 0.4) is 0 Å². The molecule has 2 aliphatic carbocycles. The molecule has 2 saturated carbocycles. The number of pyridine rings is 1. The summed E-state index contributed by atoms with van der Waals surface area (Å²) in [6.07, 6.45) is 8.19. The Morgan fingerprint density at radius 1 is 1.24 bits per heavy atom.